The van der Waals surface area contributed by atoms with Crippen molar-refractivity contribution in [3.8, 4) is 5.75 Å². The first-order valence-electron chi connectivity index (χ1n) is 6.83. The highest BCUT2D eigenvalue weighted by Gasteiger charge is 2.14. The van der Waals surface area contributed by atoms with E-state index in [-0.39, 0.29) is 5.25 Å². The molecule has 0 fully saturated rings. The fraction of sp³-hybridized carbons (Fsp3) is 0.600. The van der Waals surface area contributed by atoms with Gasteiger partial charge in [-0.3, -0.25) is 4.21 Å². The normalized spacial score (nSPS) is 14.4. The largest absolute Gasteiger partial charge is 0.494 e. The van der Waals surface area contributed by atoms with Gasteiger partial charge in [0.2, 0.25) is 0 Å². The van der Waals surface area contributed by atoms with Crippen molar-refractivity contribution < 1.29 is 8.95 Å². The van der Waals surface area contributed by atoms with Gasteiger partial charge in [-0.2, -0.15) is 0 Å². The quantitative estimate of drug-likeness (QED) is 0.746. The van der Waals surface area contributed by atoms with Crippen molar-refractivity contribution in [2.45, 2.75) is 39.0 Å². The van der Waals surface area contributed by atoms with E-state index in [1.54, 1.807) is 0 Å². The Kier molecular flexibility index (Phi) is 7.10. The molecule has 0 bridgehead atoms. The zero-order valence-corrected chi connectivity index (χ0v) is 12.9. The van der Waals surface area contributed by atoms with Gasteiger partial charge in [0.15, 0.2) is 0 Å². The molecule has 19 heavy (non-hydrogen) atoms. The summed E-state index contributed by atoms with van der Waals surface area (Å²) < 4.78 is 17.5. The third-order valence-electron chi connectivity index (χ3n) is 3.27. The fourth-order valence-corrected chi connectivity index (χ4v) is 2.98. The van der Waals surface area contributed by atoms with Crippen molar-refractivity contribution in [1.82, 2.24) is 0 Å². The number of nitrogens with two attached hydrogens (primary N) is 1. The van der Waals surface area contributed by atoms with Crippen LogP contribution in [0.3, 0.4) is 0 Å². The molecular weight excluding hydrogens is 258 g/mol. The Morgan fingerprint density at radius 2 is 1.84 bits per heavy atom. The Bertz CT molecular complexity index is 390. The molecule has 108 valence electrons. The average Bonchev–Trinajstić information content (AvgIpc) is 2.43. The molecule has 2 N–H and O–H groups in total. The molecule has 0 aliphatic heterocycles. The highest BCUT2D eigenvalue weighted by molar-refractivity contribution is 7.85. The van der Waals surface area contributed by atoms with Crippen LogP contribution < -0.4 is 10.5 Å². The van der Waals surface area contributed by atoms with Crippen molar-refractivity contribution in [3.63, 3.8) is 0 Å². The van der Waals surface area contributed by atoms with Crippen LogP contribution in [0.25, 0.3) is 0 Å². The number of hydrogen-bond acceptors (Lipinski definition) is 3. The van der Waals surface area contributed by atoms with Crippen molar-refractivity contribution in [1.29, 1.82) is 0 Å². The van der Waals surface area contributed by atoms with E-state index in [0.717, 1.165) is 17.7 Å². The molecule has 0 radical (unpaired) electrons. The van der Waals surface area contributed by atoms with E-state index in [1.807, 2.05) is 31.2 Å². The van der Waals surface area contributed by atoms with Crippen LogP contribution in [0.1, 0.15) is 32.8 Å². The molecule has 0 amide bonds. The number of hydrogen-bond donors (Lipinski definition) is 1. The highest BCUT2D eigenvalue weighted by atomic mass is 32.2. The maximum absolute atomic E-state index is 11.9. The summed E-state index contributed by atoms with van der Waals surface area (Å²) in [6.45, 7) is 7.42. The SMILES string of the molecule is CC(C)C(C)S(=O)CCCOc1ccc(CN)cc1. The van der Waals surface area contributed by atoms with Crippen LogP contribution in [0.15, 0.2) is 24.3 Å². The second kappa shape index (κ2) is 8.33. The number of ether oxygens (including phenoxy) is 1. The maximum Gasteiger partial charge on any atom is 0.119 e. The van der Waals surface area contributed by atoms with E-state index in [2.05, 4.69) is 13.8 Å². The van der Waals surface area contributed by atoms with Crippen molar-refractivity contribution in [2.24, 2.45) is 11.7 Å². The smallest absolute Gasteiger partial charge is 0.119 e. The van der Waals surface area contributed by atoms with Crippen molar-refractivity contribution >= 4 is 10.8 Å². The minimum Gasteiger partial charge on any atom is -0.494 e. The van der Waals surface area contributed by atoms with E-state index < -0.39 is 10.8 Å². The minimum absolute atomic E-state index is 0.254. The first-order valence-corrected chi connectivity index (χ1v) is 8.21. The molecule has 0 heterocycles. The average molecular weight is 283 g/mol. The topological polar surface area (TPSA) is 52.3 Å². The van der Waals surface area contributed by atoms with Crippen LogP contribution in [0.5, 0.6) is 5.75 Å². The van der Waals surface area contributed by atoms with Gasteiger partial charge in [0, 0.05) is 28.3 Å². The highest BCUT2D eigenvalue weighted by Crippen LogP contribution is 2.13. The van der Waals surface area contributed by atoms with Gasteiger partial charge in [-0.15, -0.1) is 0 Å². The second-order valence-electron chi connectivity index (χ2n) is 5.08. The standard InChI is InChI=1S/C15H25NO2S/c1-12(2)13(3)19(17)10-4-9-18-15-7-5-14(11-16)6-8-15/h5-8,12-13H,4,9-11,16H2,1-3H3. The Hall–Kier alpha value is -0.870. The molecule has 1 aromatic carbocycles. The molecule has 0 saturated carbocycles. The molecule has 4 heteroatoms. The lowest BCUT2D eigenvalue weighted by Gasteiger charge is -2.15. The Morgan fingerprint density at radius 1 is 1.21 bits per heavy atom. The second-order valence-corrected chi connectivity index (χ2v) is 7.00. The first kappa shape index (κ1) is 16.2. The molecule has 0 spiro atoms. The molecule has 0 aliphatic carbocycles. The van der Waals surface area contributed by atoms with E-state index >= 15 is 0 Å². The Labute approximate surface area is 119 Å². The summed E-state index contributed by atoms with van der Waals surface area (Å²) in [7, 11) is -0.754. The molecule has 1 aromatic rings. The van der Waals surface area contributed by atoms with E-state index in [4.69, 9.17) is 10.5 Å². The monoisotopic (exact) mass is 283 g/mol. The number of benzene rings is 1. The van der Waals surface area contributed by atoms with Crippen LogP contribution >= 0.6 is 0 Å². The Balaban J connectivity index is 2.25. The molecular formula is C15H25NO2S. The van der Waals surface area contributed by atoms with Gasteiger partial charge < -0.3 is 10.5 Å². The van der Waals surface area contributed by atoms with Gasteiger partial charge in [0.25, 0.3) is 0 Å². The lowest BCUT2D eigenvalue weighted by molar-refractivity contribution is 0.318. The maximum atomic E-state index is 11.9. The molecule has 3 nitrogen and oxygen atoms in total. The molecule has 0 aromatic heterocycles. The fourth-order valence-electron chi connectivity index (χ4n) is 1.60. The summed E-state index contributed by atoms with van der Waals surface area (Å²) in [5.74, 6) is 2.02. The van der Waals surface area contributed by atoms with E-state index in [0.29, 0.717) is 24.8 Å². The lowest BCUT2D eigenvalue weighted by Crippen LogP contribution is -2.20. The van der Waals surface area contributed by atoms with Crippen LogP contribution in [-0.4, -0.2) is 21.8 Å². The van der Waals surface area contributed by atoms with Crippen molar-refractivity contribution in [2.75, 3.05) is 12.4 Å². The van der Waals surface area contributed by atoms with Crippen molar-refractivity contribution in [3.05, 3.63) is 29.8 Å². The summed E-state index contributed by atoms with van der Waals surface area (Å²) in [5, 5.41) is 0.254. The summed E-state index contributed by atoms with van der Waals surface area (Å²) in [6.07, 6.45) is 0.822. The van der Waals surface area contributed by atoms with E-state index in [1.165, 1.54) is 0 Å². The van der Waals surface area contributed by atoms with Crippen LogP contribution in [-0.2, 0) is 17.3 Å². The van der Waals surface area contributed by atoms with Gasteiger partial charge in [0.1, 0.15) is 5.75 Å². The Morgan fingerprint density at radius 3 is 2.37 bits per heavy atom. The lowest BCUT2D eigenvalue weighted by atomic mass is 10.2. The predicted octanol–water partition coefficient (Wildman–Crippen LogP) is 2.71. The zero-order chi connectivity index (χ0) is 14.3. The van der Waals surface area contributed by atoms with Gasteiger partial charge in [-0.25, -0.2) is 0 Å². The van der Waals surface area contributed by atoms with Crippen LogP contribution in [0, 0.1) is 5.92 Å². The third kappa shape index (κ3) is 5.74. The molecule has 0 saturated heterocycles. The minimum atomic E-state index is -0.754. The number of rotatable bonds is 8. The third-order valence-corrected chi connectivity index (χ3v) is 5.34. The molecule has 2 atom stereocenters. The molecule has 2 unspecified atom stereocenters. The summed E-state index contributed by atoms with van der Waals surface area (Å²) in [6, 6.07) is 7.79. The summed E-state index contributed by atoms with van der Waals surface area (Å²) in [4.78, 5) is 0. The zero-order valence-electron chi connectivity index (χ0n) is 12.1. The van der Waals surface area contributed by atoms with Gasteiger partial charge in [-0.05, 0) is 30.0 Å². The van der Waals surface area contributed by atoms with Crippen LogP contribution in [0.2, 0.25) is 0 Å². The van der Waals surface area contributed by atoms with Crippen LogP contribution in [0.4, 0.5) is 0 Å². The first-order chi connectivity index (χ1) is 9.04. The van der Waals surface area contributed by atoms with E-state index in [9.17, 15) is 4.21 Å². The predicted molar refractivity (Wildman–Crippen MR) is 81.8 cm³/mol. The van der Waals surface area contributed by atoms with Gasteiger partial charge in [-0.1, -0.05) is 32.9 Å². The summed E-state index contributed by atoms with van der Waals surface area (Å²) >= 11 is 0. The molecule has 1 rings (SSSR count). The van der Waals surface area contributed by atoms with Gasteiger partial charge in [0.05, 0.1) is 6.61 Å². The van der Waals surface area contributed by atoms with Gasteiger partial charge >= 0.3 is 0 Å². The molecule has 0 aliphatic rings. The summed E-state index contributed by atoms with van der Waals surface area (Å²) in [5.41, 5.74) is 6.63.